The lowest BCUT2D eigenvalue weighted by molar-refractivity contribution is 0.670. The smallest absolute Gasteiger partial charge is 0.143 e. The van der Waals surface area contributed by atoms with E-state index in [0.29, 0.717) is 0 Å². The van der Waals surface area contributed by atoms with Gasteiger partial charge in [-0.15, -0.1) is 0 Å². The Balaban J connectivity index is 1.19. The molecule has 2 heteroatoms. The molecule has 11 rings (SSSR count). The van der Waals surface area contributed by atoms with E-state index in [1.54, 1.807) is 0 Å². The van der Waals surface area contributed by atoms with Gasteiger partial charge in [-0.05, 0) is 84.9 Å². The average molecular weight is 662 g/mol. The summed E-state index contributed by atoms with van der Waals surface area (Å²) in [7, 11) is 0. The van der Waals surface area contributed by atoms with Crippen LogP contribution in [0.4, 0.5) is 17.1 Å². The van der Waals surface area contributed by atoms with Gasteiger partial charge in [0.15, 0.2) is 0 Å². The highest BCUT2D eigenvalue weighted by molar-refractivity contribution is 6.16. The summed E-state index contributed by atoms with van der Waals surface area (Å²) in [6.07, 6.45) is 0. The molecule has 0 aliphatic carbocycles. The molecule has 0 aliphatic rings. The van der Waals surface area contributed by atoms with Crippen molar-refractivity contribution in [2.24, 2.45) is 0 Å². The molecule has 11 aromatic rings. The van der Waals surface area contributed by atoms with E-state index in [1.807, 2.05) is 0 Å². The third-order valence-electron chi connectivity index (χ3n) is 10.8. The minimum atomic E-state index is 0.897. The quantitative estimate of drug-likeness (QED) is 0.175. The molecule has 0 radical (unpaired) electrons. The number of hydrogen-bond acceptors (Lipinski definition) is 2. The van der Waals surface area contributed by atoms with Crippen LogP contribution in [-0.2, 0) is 0 Å². The molecule has 0 N–H and O–H groups in total. The van der Waals surface area contributed by atoms with E-state index in [2.05, 4.69) is 193 Å². The lowest BCUT2D eigenvalue weighted by atomic mass is 9.96. The third-order valence-corrected chi connectivity index (χ3v) is 10.8. The van der Waals surface area contributed by atoms with Gasteiger partial charge in [0.2, 0.25) is 0 Å². The van der Waals surface area contributed by atoms with Crippen LogP contribution in [0.25, 0.3) is 86.9 Å². The van der Waals surface area contributed by atoms with Crippen molar-refractivity contribution < 1.29 is 4.42 Å². The lowest BCUT2D eigenvalue weighted by Gasteiger charge is -2.29. The van der Waals surface area contributed by atoms with E-state index in [1.165, 1.54) is 53.9 Å². The van der Waals surface area contributed by atoms with Gasteiger partial charge in [0.25, 0.3) is 0 Å². The molecule has 0 fully saturated rings. The molecule has 52 heavy (non-hydrogen) atoms. The van der Waals surface area contributed by atoms with Crippen molar-refractivity contribution in [2.75, 3.05) is 4.90 Å². The molecular formula is C50H31NO. The predicted molar refractivity (Wildman–Crippen MR) is 221 cm³/mol. The molecular weight excluding hydrogens is 631 g/mol. The first-order chi connectivity index (χ1) is 25.8. The molecule has 2 nitrogen and oxygen atoms in total. The Morgan fingerprint density at radius 3 is 1.71 bits per heavy atom. The number of furan rings is 1. The highest BCUT2D eigenvalue weighted by atomic mass is 16.3. The minimum Gasteiger partial charge on any atom is -0.455 e. The second-order valence-electron chi connectivity index (χ2n) is 13.7. The van der Waals surface area contributed by atoms with Gasteiger partial charge in [0.1, 0.15) is 11.2 Å². The maximum Gasteiger partial charge on any atom is 0.143 e. The molecule has 0 aliphatic heterocycles. The van der Waals surface area contributed by atoms with Crippen LogP contribution < -0.4 is 4.90 Å². The molecule has 0 spiro atoms. The number of nitrogens with zero attached hydrogens (tertiary/aromatic N) is 1. The van der Waals surface area contributed by atoms with Crippen molar-refractivity contribution in [2.45, 2.75) is 0 Å². The van der Waals surface area contributed by atoms with Gasteiger partial charge in [-0.2, -0.15) is 0 Å². The van der Waals surface area contributed by atoms with Gasteiger partial charge >= 0.3 is 0 Å². The fourth-order valence-electron chi connectivity index (χ4n) is 8.36. The van der Waals surface area contributed by atoms with E-state index in [0.717, 1.165) is 50.1 Å². The Hall–Kier alpha value is -6.90. The van der Waals surface area contributed by atoms with Gasteiger partial charge in [-0.1, -0.05) is 152 Å². The van der Waals surface area contributed by atoms with E-state index in [4.69, 9.17) is 4.42 Å². The van der Waals surface area contributed by atoms with Crippen LogP contribution in [0.3, 0.4) is 0 Å². The number of anilines is 3. The standard InChI is InChI=1S/C50H31NO/c1-2-14-35-31-49-46(30-34(35)13-1)45-20-9-19-44(50(45)52-49)42-17-7-8-21-47(42)51(37-26-28-40-36(29-37)24-23-32-11-3-5-15-38(32)40)48-22-10-18-41-39-16-6-4-12-33(39)25-27-43(41)48/h1-31H. The van der Waals surface area contributed by atoms with Crippen molar-refractivity contribution in [3.63, 3.8) is 0 Å². The molecule has 0 atom stereocenters. The maximum atomic E-state index is 6.79. The van der Waals surface area contributed by atoms with Crippen LogP contribution in [0, 0.1) is 0 Å². The summed E-state index contributed by atoms with van der Waals surface area (Å²) in [4.78, 5) is 2.44. The lowest BCUT2D eigenvalue weighted by Crippen LogP contribution is -2.12. The zero-order valence-corrected chi connectivity index (χ0v) is 28.3. The van der Waals surface area contributed by atoms with Gasteiger partial charge in [0.05, 0.1) is 11.4 Å². The average Bonchev–Trinajstić information content (AvgIpc) is 3.57. The van der Waals surface area contributed by atoms with Crippen molar-refractivity contribution in [1.82, 2.24) is 0 Å². The number of fused-ring (bicyclic) bond motifs is 10. The fraction of sp³-hybridized carbons (Fsp3) is 0. The SMILES string of the molecule is c1ccc(N(c2ccc3c(ccc4ccccc43)c2)c2cccc3c2ccc2ccccc23)c(-c2cccc3c2oc2cc4ccccc4cc23)c1. The Morgan fingerprint density at radius 1 is 0.308 bits per heavy atom. The number of hydrogen-bond donors (Lipinski definition) is 0. The van der Waals surface area contributed by atoms with Crippen LogP contribution >= 0.6 is 0 Å². The van der Waals surface area contributed by atoms with Crippen molar-refractivity contribution >= 4 is 92.9 Å². The molecule has 0 amide bonds. The summed E-state index contributed by atoms with van der Waals surface area (Å²) in [5, 5.41) is 14.5. The maximum absolute atomic E-state index is 6.79. The first-order valence-electron chi connectivity index (χ1n) is 17.8. The molecule has 10 aromatic carbocycles. The summed E-state index contributed by atoms with van der Waals surface area (Å²) in [5.74, 6) is 0. The van der Waals surface area contributed by atoms with Crippen LogP contribution in [0.5, 0.6) is 0 Å². The van der Waals surface area contributed by atoms with Crippen LogP contribution in [0.2, 0.25) is 0 Å². The van der Waals surface area contributed by atoms with Crippen LogP contribution in [0.1, 0.15) is 0 Å². The largest absolute Gasteiger partial charge is 0.455 e. The van der Waals surface area contributed by atoms with Gasteiger partial charge < -0.3 is 9.32 Å². The second kappa shape index (κ2) is 11.3. The normalized spacial score (nSPS) is 11.8. The second-order valence-corrected chi connectivity index (χ2v) is 13.7. The predicted octanol–water partition coefficient (Wildman–Crippen LogP) is 14.5. The summed E-state index contributed by atoms with van der Waals surface area (Å²) >= 11 is 0. The molecule has 1 aromatic heterocycles. The minimum absolute atomic E-state index is 0.897. The number of benzene rings is 10. The monoisotopic (exact) mass is 661 g/mol. The van der Waals surface area contributed by atoms with Gasteiger partial charge in [-0.25, -0.2) is 0 Å². The van der Waals surface area contributed by atoms with Crippen molar-refractivity contribution in [3.05, 3.63) is 188 Å². The molecule has 0 bridgehead atoms. The Kier molecular flexibility index (Phi) is 6.28. The highest BCUT2D eigenvalue weighted by Crippen LogP contribution is 2.47. The molecule has 0 saturated heterocycles. The summed E-state index contributed by atoms with van der Waals surface area (Å²) in [5.41, 5.74) is 7.27. The summed E-state index contributed by atoms with van der Waals surface area (Å²) in [6, 6.07) is 68.1. The third kappa shape index (κ3) is 4.38. The van der Waals surface area contributed by atoms with Crippen molar-refractivity contribution in [3.8, 4) is 11.1 Å². The molecule has 242 valence electrons. The van der Waals surface area contributed by atoms with E-state index >= 15 is 0 Å². The van der Waals surface area contributed by atoms with Gasteiger partial charge in [-0.3, -0.25) is 0 Å². The topological polar surface area (TPSA) is 16.4 Å². The zero-order chi connectivity index (χ0) is 34.2. The Morgan fingerprint density at radius 2 is 0.865 bits per heavy atom. The first kappa shape index (κ1) is 28.9. The zero-order valence-electron chi connectivity index (χ0n) is 28.3. The Bertz CT molecular complexity index is 3210. The van der Waals surface area contributed by atoms with Gasteiger partial charge in [0, 0.05) is 33.0 Å². The van der Waals surface area contributed by atoms with E-state index in [-0.39, 0.29) is 0 Å². The summed E-state index contributed by atoms with van der Waals surface area (Å²) in [6.45, 7) is 0. The van der Waals surface area contributed by atoms with Crippen molar-refractivity contribution in [1.29, 1.82) is 0 Å². The van der Waals surface area contributed by atoms with Crippen LogP contribution in [0.15, 0.2) is 192 Å². The van der Waals surface area contributed by atoms with Crippen LogP contribution in [-0.4, -0.2) is 0 Å². The fourth-order valence-corrected chi connectivity index (χ4v) is 8.36. The molecule has 1 heterocycles. The summed E-state index contributed by atoms with van der Waals surface area (Å²) < 4.78 is 6.79. The number of para-hydroxylation sites is 2. The van der Waals surface area contributed by atoms with E-state index in [9.17, 15) is 0 Å². The van der Waals surface area contributed by atoms with E-state index < -0.39 is 0 Å². The molecule has 0 unspecified atom stereocenters. The highest BCUT2D eigenvalue weighted by Gasteiger charge is 2.22. The Labute approximate surface area is 300 Å². The first-order valence-corrected chi connectivity index (χ1v) is 17.8. The number of rotatable bonds is 4. The molecule has 0 saturated carbocycles.